The van der Waals surface area contributed by atoms with E-state index in [1.807, 2.05) is 13.8 Å². The lowest BCUT2D eigenvalue weighted by atomic mass is 10.3. The van der Waals surface area contributed by atoms with Crippen molar-refractivity contribution in [3.05, 3.63) is 22.7 Å². The standard InChI is InChI=1S/C11H16BrNO3S/c1-8(2)16-5-6-17(14,15)11-7-9(12)3-4-10(11)13/h3-4,7-8H,5-6,13H2,1-2H3. The van der Waals surface area contributed by atoms with Gasteiger partial charge in [-0.2, -0.15) is 0 Å². The van der Waals surface area contributed by atoms with Gasteiger partial charge < -0.3 is 10.5 Å². The van der Waals surface area contributed by atoms with E-state index in [-0.39, 0.29) is 29.0 Å². The molecule has 6 heteroatoms. The topological polar surface area (TPSA) is 69.4 Å². The van der Waals surface area contributed by atoms with Gasteiger partial charge in [0.15, 0.2) is 9.84 Å². The molecule has 0 aliphatic heterocycles. The Labute approximate surface area is 110 Å². The fourth-order valence-electron chi connectivity index (χ4n) is 1.28. The molecule has 0 unspecified atom stereocenters. The summed E-state index contributed by atoms with van der Waals surface area (Å²) >= 11 is 3.23. The molecule has 96 valence electrons. The second-order valence-electron chi connectivity index (χ2n) is 3.92. The van der Waals surface area contributed by atoms with Crippen LogP contribution >= 0.6 is 15.9 Å². The minimum atomic E-state index is -3.39. The van der Waals surface area contributed by atoms with Crippen LogP contribution in [0.25, 0.3) is 0 Å². The number of hydrogen-bond acceptors (Lipinski definition) is 4. The van der Waals surface area contributed by atoms with Crippen molar-refractivity contribution < 1.29 is 13.2 Å². The number of sulfone groups is 1. The van der Waals surface area contributed by atoms with Crippen LogP contribution in [-0.4, -0.2) is 26.9 Å². The highest BCUT2D eigenvalue weighted by Crippen LogP contribution is 2.23. The largest absolute Gasteiger partial charge is 0.398 e. The Hall–Kier alpha value is -0.590. The van der Waals surface area contributed by atoms with Crippen LogP contribution in [0.2, 0.25) is 0 Å². The van der Waals surface area contributed by atoms with Crippen molar-refractivity contribution in [1.29, 1.82) is 0 Å². The highest BCUT2D eigenvalue weighted by Gasteiger charge is 2.18. The van der Waals surface area contributed by atoms with Crippen molar-refractivity contribution in [2.24, 2.45) is 0 Å². The molecule has 0 aromatic heterocycles. The normalized spacial score (nSPS) is 12.0. The summed E-state index contributed by atoms with van der Waals surface area (Å²) < 4.78 is 29.9. The van der Waals surface area contributed by atoms with E-state index in [1.165, 1.54) is 6.07 Å². The first kappa shape index (κ1) is 14.5. The molecule has 0 aliphatic rings. The molecule has 1 aromatic rings. The van der Waals surface area contributed by atoms with E-state index in [9.17, 15) is 8.42 Å². The maximum absolute atomic E-state index is 12.0. The zero-order valence-corrected chi connectivity index (χ0v) is 12.2. The molecule has 0 aliphatic carbocycles. The number of nitrogens with two attached hydrogens (primary N) is 1. The van der Waals surface area contributed by atoms with Crippen molar-refractivity contribution in [1.82, 2.24) is 0 Å². The molecule has 2 N–H and O–H groups in total. The maximum atomic E-state index is 12.0. The number of halogens is 1. The molecule has 1 rings (SSSR count). The first-order valence-corrected chi connectivity index (χ1v) is 7.67. The van der Waals surface area contributed by atoms with Gasteiger partial charge in [-0.3, -0.25) is 0 Å². The third kappa shape index (κ3) is 4.29. The van der Waals surface area contributed by atoms with E-state index in [0.29, 0.717) is 4.47 Å². The van der Waals surface area contributed by atoms with Crippen molar-refractivity contribution >= 4 is 31.5 Å². The molecule has 0 saturated carbocycles. The second kappa shape index (κ2) is 5.84. The molecule has 17 heavy (non-hydrogen) atoms. The molecule has 0 saturated heterocycles. The predicted octanol–water partition coefficient (Wildman–Crippen LogP) is 2.23. The van der Waals surface area contributed by atoms with Crippen LogP contribution in [0.1, 0.15) is 13.8 Å². The van der Waals surface area contributed by atoms with Gasteiger partial charge in [0.2, 0.25) is 0 Å². The van der Waals surface area contributed by atoms with E-state index < -0.39 is 9.84 Å². The summed E-state index contributed by atoms with van der Waals surface area (Å²) in [6, 6.07) is 4.79. The average Bonchev–Trinajstić information content (AvgIpc) is 2.20. The van der Waals surface area contributed by atoms with Crippen molar-refractivity contribution in [2.75, 3.05) is 18.1 Å². The van der Waals surface area contributed by atoms with E-state index in [0.717, 1.165) is 0 Å². The first-order chi connectivity index (χ1) is 7.83. The van der Waals surface area contributed by atoms with Crippen LogP contribution in [0.5, 0.6) is 0 Å². The lowest BCUT2D eigenvalue weighted by Crippen LogP contribution is -2.16. The van der Waals surface area contributed by atoms with Crippen LogP contribution in [0, 0.1) is 0 Å². The Morgan fingerprint density at radius 3 is 2.65 bits per heavy atom. The molecule has 1 aromatic carbocycles. The van der Waals surface area contributed by atoms with E-state index in [1.54, 1.807) is 12.1 Å². The van der Waals surface area contributed by atoms with Crippen LogP contribution in [0.4, 0.5) is 5.69 Å². The summed E-state index contributed by atoms with van der Waals surface area (Å²) in [6.45, 7) is 3.89. The SMILES string of the molecule is CC(C)OCCS(=O)(=O)c1cc(Br)ccc1N. The molecule has 0 fully saturated rings. The molecule has 0 radical (unpaired) electrons. The Bertz CT molecular complexity index is 485. The van der Waals surface area contributed by atoms with Gasteiger partial charge in [0.1, 0.15) is 0 Å². The van der Waals surface area contributed by atoms with Gasteiger partial charge in [-0.25, -0.2) is 8.42 Å². The Kier molecular flexibility index (Phi) is 4.97. The number of ether oxygens (including phenoxy) is 1. The smallest absolute Gasteiger partial charge is 0.182 e. The monoisotopic (exact) mass is 321 g/mol. The molecule has 4 nitrogen and oxygen atoms in total. The minimum absolute atomic E-state index is 0.0186. The van der Waals surface area contributed by atoms with Gasteiger partial charge in [-0.05, 0) is 32.0 Å². The van der Waals surface area contributed by atoms with Gasteiger partial charge in [0.25, 0.3) is 0 Å². The highest BCUT2D eigenvalue weighted by molar-refractivity contribution is 9.10. The molecular weight excluding hydrogens is 306 g/mol. The third-order valence-corrected chi connectivity index (χ3v) is 4.33. The summed E-state index contributed by atoms with van der Waals surface area (Å²) in [5.41, 5.74) is 5.93. The minimum Gasteiger partial charge on any atom is -0.398 e. The summed E-state index contributed by atoms with van der Waals surface area (Å²) in [6.07, 6.45) is 0.0186. The van der Waals surface area contributed by atoms with Crippen molar-refractivity contribution in [3.8, 4) is 0 Å². The summed E-state index contributed by atoms with van der Waals surface area (Å²) in [4.78, 5) is 0.152. The maximum Gasteiger partial charge on any atom is 0.182 e. The lowest BCUT2D eigenvalue weighted by Gasteiger charge is -2.10. The molecule has 0 amide bonds. The molecule has 0 bridgehead atoms. The third-order valence-electron chi connectivity index (χ3n) is 2.11. The number of anilines is 1. The van der Waals surface area contributed by atoms with Gasteiger partial charge in [0.05, 0.1) is 29.0 Å². The summed E-state index contributed by atoms with van der Waals surface area (Å²) in [7, 11) is -3.39. The lowest BCUT2D eigenvalue weighted by molar-refractivity contribution is 0.0912. The summed E-state index contributed by atoms with van der Waals surface area (Å²) in [5.74, 6) is -0.0637. The number of benzene rings is 1. The number of rotatable bonds is 5. The van der Waals surface area contributed by atoms with Crippen LogP contribution in [-0.2, 0) is 14.6 Å². The van der Waals surface area contributed by atoms with E-state index >= 15 is 0 Å². The van der Waals surface area contributed by atoms with Crippen molar-refractivity contribution in [3.63, 3.8) is 0 Å². The molecule has 0 spiro atoms. The predicted molar refractivity (Wildman–Crippen MR) is 71.7 cm³/mol. The molecule has 0 heterocycles. The summed E-state index contributed by atoms with van der Waals surface area (Å²) in [5, 5.41) is 0. The number of hydrogen-bond donors (Lipinski definition) is 1. The van der Waals surface area contributed by atoms with Gasteiger partial charge in [-0.1, -0.05) is 15.9 Å². The van der Waals surface area contributed by atoms with E-state index in [2.05, 4.69) is 15.9 Å². The fraction of sp³-hybridized carbons (Fsp3) is 0.455. The Balaban J connectivity index is 2.86. The zero-order valence-electron chi connectivity index (χ0n) is 9.81. The number of nitrogen functional groups attached to an aromatic ring is 1. The van der Waals surface area contributed by atoms with Crippen LogP contribution in [0.3, 0.4) is 0 Å². The zero-order chi connectivity index (χ0) is 13.1. The van der Waals surface area contributed by atoms with Gasteiger partial charge >= 0.3 is 0 Å². The van der Waals surface area contributed by atoms with Crippen LogP contribution in [0.15, 0.2) is 27.6 Å². The second-order valence-corrected chi connectivity index (χ2v) is 6.91. The molecular formula is C11H16BrNO3S. The van der Waals surface area contributed by atoms with Crippen LogP contribution < -0.4 is 5.73 Å². The average molecular weight is 322 g/mol. The highest BCUT2D eigenvalue weighted by atomic mass is 79.9. The first-order valence-electron chi connectivity index (χ1n) is 5.22. The molecule has 0 atom stereocenters. The van der Waals surface area contributed by atoms with Gasteiger partial charge in [0, 0.05) is 4.47 Å². The quantitative estimate of drug-likeness (QED) is 0.844. The Morgan fingerprint density at radius 2 is 2.06 bits per heavy atom. The fourth-order valence-corrected chi connectivity index (χ4v) is 3.06. The van der Waals surface area contributed by atoms with Gasteiger partial charge in [-0.15, -0.1) is 0 Å². The van der Waals surface area contributed by atoms with Crippen molar-refractivity contribution in [2.45, 2.75) is 24.8 Å². The van der Waals surface area contributed by atoms with E-state index in [4.69, 9.17) is 10.5 Å². The Morgan fingerprint density at radius 1 is 1.41 bits per heavy atom.